The Labute approximate surface area is 217 Å². The number of ether oxygens (including phenoxy) is 1. The highest BCUT2D eigenvalue weighted by Gasteiger charge is 2.61. The molecule has 6 heteroatoms. The number of likely N-dealkylation sites (tertiary alicyclic amines) is 1. The van der Waals surface area contributed by atoms with Gasteiger partial charge in [-0.25, -0.2) is 0 Å². The first-order chi connectivity index (χ1) is 17.1. The summed E-state index contributed by atoms with van der Waals surface area (Å²) in [6, 6.07) is 24.9. The van der Waals surface area contributed by atoms with Crippen LogP contribution in [0, 0.1) is 0 Å². The van der Waals surface area contributed by atoms with E-state index in [1.54, 1.807) is 60.7 Å². The Morgan fingerprint density at radius 2 is 1.31 bits per heavy atom. The molecule has 186 valence electrons. The molecule has 0 saturated carbocycles. The number of halogens is 1. The zero-order valence-corrected chi connectivity index (χ0v) is 20.9. The van der Waals surface area contributed by atoms with Crippen LogP contribution in [0.1, 0.15) is 57.0 Å². The van der Waals surface area contributed by atoms with E-state index in [4.69, 9.17) is 4.74 Å². The van der Waals surface area contributed by atoms with Gasteiger partial charge >= 0.3 is 5.97 Å². The molecule has 1 fully saturated rings. The molecule has 1 atom stereocenters. The zero-order valence-electron chi connectivity index (χ0n) is 20.1. The molecule has 5 nitrogen and oxygen atoms in total. The maximum absolute atomic E-state index is 14.1. The number of carbonyl (C=O) groups is 3. The number of hydrogen-bond acceptors (Lipinski definition) is 4. The molecule has 0 bridgehead atoms. The summed E-state index contributed by atoms with van der Waals surface area (Å²) >= 11 is 0. The molecule has 1 unspecified atom stereocenters. The molecular weight excluding hydrogens is 474 g/mol. The van der Waals surface area contributed by atoms with Gasteiger partial charge in [-0.05, 0) is 30.4 Å². The van der Waals surface area contributed by atoms with Crippen LogP contribution in [-0.4, -0.2) is 43.8 Å². The molecule has 0 amide bonds. The lowest BCUT2D eigenvalue weighted by atomic mass is 9.64. The molecule has 1 aliphatic carbocycles. The van der Waals surface area contributed by atoms with Crippen LogP contribution in [0.15, 0.2) is 84.9 Å². The number of ketones is 2. The van der Waals surface area contributed by atoms with Crippen molar-refractivity contribution >= 4 is 17.5 Å². The topological polar surface area (TPSA) is 64.9 Å². The van der Waals surface area contributed by atoms with E-state index in [2.05, 4.69) is 0 Å². The Hall–Kier alpha value is -3.28. The third-order valence-corrected chi connectivity index (χ3v) is 7.42. The number of quaternary nitrogens is 1. The normalized spacial score (nSPS) is 17.7. The van der Waals surface area contributed by atoms with Crippen molar-refractivity contribution in [1.82, 2.24) is 0 Å². The Morgan fingerprint density at radius 1 is 0.778 bits per heavy atom. The molecule has 5 rings (SSSR count). The monoisotopic (exact) mass is 503 g/mol. The summed E-state index contributed by atoms with van der Waals surface area (Å²) in [6.45, 7) is 3.16. The molecule has 0 aromatic heterocycles. The van der Waals surface area contributed by atoms with Crippen molar-refractivity contribution < 1.29 is 36.4 Å². The van der Waals surface area contributed by atoms with E-state index in [0.29, 0.717) is 22.3 Å². The molecule has 3 aromatic carbocycles. The zero-order chi connectivity index (χ0) is 24.3. The molecule has 1 saturated heterocycles. The molecule has 0 radical (unpaired) electrons. The van der Waals surface area contributed by atoms with E-state index in [9.17, 15) is 14.4 Å². The molecule has 2 aliphatic rings. The SMILES string of the molecule is O=C(OCC[NH+]1CCCCC1)C(c1ccccc1)C1(c2ccccc2)C(=O)c2ccccc2C1=O.[Cl-]. The quantitative estimate of drug-likeness (QED) is 0.374. The fraction of sp³-hybridized carbons (Fsp3) is 0.300. The van der Waals surface area contributed by atoms with Crippen LogP contribution in [0.2, 0.25) is 0 Å². The fourth-order valence-electron chi connectivity index (χ4n) is 5.69. The standard InChI is InChI=1S/C30H29NO4.ClH/c32-27-24-16-8-9-17-25(24)28(33)30(27,23-14-6-2-7-15-23)26(22-12-4-1-5-13-22)29(34)35-21-20-31-18-10-3-11-19-31;/h1-2,4-9,12-17,26H,3,10-11,18-21H2;1H. The second-order valence-electron chi connectivity index (χ2n) is 9.45. The van der Waals surface area contributed by atoms with Crippen LogP contribution >= 0.6 is 0 Å². The van der Waals surface area contributed by atoms with Crippen molar-refractivity contribution in [1.29, 1.82) is 0 Å². The van der Waals surface area contributed by atoms with Gasteiger partial charge in [-0.2, -0.15) is 0 Å². The lowest BCUT2D eigenvalue weighted by Gasteiger charge is -2.34. The summed E-state index contributed by atoms with van der Waals surface area (Å²) < 4.78 is 5.85. The molecule has 1 N–H and O–H groups in total. The Balaban J connectivity index is 0.00000304. The lowest BCUT2D eigenvalue weighted by Crippen LogP contribution is -3.13. The number of rotatable bonds is 7. The smallest absolute Gasteiger partial charge is 0.315 e. The number of Topliss-reactive ketones (excluding diaryl/α,β-unsaturated/α-hetero) is 2. The van der Waals surface area contributed by atoms with E-state index >= 15 is 0 Å². The predicted molar refractivity (Wildman–Crippen MR) is 133 cm³/mol. The molecular formula is C30H30ClNO4. The average Bonchev–Trinajstić information content (AvgIpc) is 3.13. The maximum atomic E-state index is 14.1. The minimum Gasteiger partial charge on any atom is -1.00 e. The second kappa shape index (κ2) is 11.2. The Kier molecular flexibility index (Phi) is 8.02. The first kappa shape index (κ1) is 25.8. The largest absolute Gasteiger partial charge is 1.00 e. The van der Waals surface area contributed by atoms with Crippen LogP contribution in [-0.2, 0) is 14.9 Å². The van der Waals surface area contributed by atoms with Gasteiger partial charge in [0.15, 0.2) is 11.6 Å². The summed E-state index contributed by atoms with van der Waals surface area (Å²) in [6.07, 6.45) is 3.63. The molecule has 1 aliphatic heterocycles. The van der Waals surface area contributed by atoms with Crippen LogP contribution < -0.4 is 17.3 Å². The summed E-state index contributed by atoms with van der Waals surface area (Å²) in [4.78, 5) is 43.6. The van der Waals surface area contributed by atoms with Gasteiger partial charge in [0.2, 0.25) is 0 Å². The summed E-state index contributed by atoms with van der Waals surface area (Å²) in [5.74, 6) is -2.32. The predicted octanol–water partition coefficient (Wildman–Crippen LogP) is 0.403. The van der Waals surface area contributed by atoms with Crippen LogP contribution in [0.4, 0.5) is 0 Å². The maximum Gasteiger partial charge on any atom is 0.315 e. The fourth-order valence-corrected chi connectivity index (χ4v) is 5.69. The minimum atomic E-state index is -1.71. The van der Waals surface area contributed by atoms with Crippen LogP contribution in [0.5, 0.6) is 0 Å². The van der Waals surface area contributed by atoms with Gasteiger partial charge in [-0.15, -0.1) is 0 Å². The highest BCUT2D eigenvalue weighted by Crippen LogP contribution is 2.49. The van der Waals surface area contributed by atoms with E-state index in [0.717, 1.165) is 19.6 Å². The Bertz CT molecular complexity index is 1190. The number of hydrogen-bond donors (Lipinski definition) is 1. The van der Waals surface area contributed by atoms with Crippen LogP contribution in [0.25, 0.3) is 0 Å². The minimum absolute atomic E-state index is 0. The third-order valence-electron chi connectivity index (χ3n) is 7.42. The molecule has 0 spiro atoms. The van der Waals surface area contributed by atoms with E-state index in [1.807, 2.05) is 24.3 Å². The number of benzene rings is 3. The van der Waals surface area contributed by atoms with Gasteiger partial charge in [0.05, 0.1) is 13.1 Å². The number of esters is 1. The molecule has 36 heavy (non-hydrogen) atoms. The number of fused-ring (bicyclic) bond motifs is 1. The van der Waals surface area contributed by atoms with Gasteiger partial charge in [0.25, 0.3) is 0 Å². The van der Waals surface area contributed by atoms with Gasteiger partial charge in [-0.1, -0.05) is 84.9 Å². The molecule has 1 heterocycles. The van der Waals surface area contributed by atoms with Crippen molar-refractivity contribution in [2.45, 2.75) is 30.6 Å². The van der Waals surface area contributed by atoms with E-state index < -0.39 is 17.3 Å². The van der Waals surface area contributed by atoms with Gasteiger partial charge in [-0.3, -0.25) is 14.4 Å². The van der Waals surface area contributed by atoms with E-state index in [1.165, 1.54) is 24.2 Å². The summed E-state index contributed by atoms with van der Waals surface area (Å²) in [5, 5.41) is 0. The highest BCUT2D eigenvalue weighted by atomic mass is 35.5. The third kappa shape index (κ3) is 4.49. The van der Waals surface area contributed by atoms with Crippen molar-refractivity contribution in [3.05, 3.63) is 107 Å². The molecule has 3 aromatic rings. The average molecular weight is 504 g/mol. The second-order valence-corrected chi connectivity index (χ2v) is 9.45. The van der Waals surface area contributed by atoms with Crippen molar-refractivity contribution in [2.24, 2.45) is 0 Å². The van der Waals surface area contributed by atoms with E-state index in [-0.39, 0.29) is 30.6 Å². The van der Waals surface area contributed by atoms with Crippen molar-refractivity contribution in [2.75, 3.05) is 26.2 Å². The lowest BCUT2D eigenvalue weighted by molar-refractivity contribution is -0.905. The number of nitrogens with one attached hydrogen (secondary N) is 1. The first-order valence-electron chi connectivity index (χ1n) is 12.4. The number of piperidine rings is 1. The summed E-state index contributed by atoms with van der Waals surface area (Å²) in [7, 11) is 0. The van der Waals surface area contributed by atoms with Gasteiger partial charge in [0.1, 0.15) is 24.5 Å². The van der Waals surface area contributed by atoms with Gasteiger partial charge < -0.3 is 22.0 Å². The van der Waals surface area contributed by atoms with Crippen molar-refractivity contribution in [3.63, 3.8) is 0 Å². The van der Waals surface area contributed by atoms with Gasteiger partial charge in [0, 0.05) is 11.1 Å². The highest BCUT2D eigenvalue weighted by molar-refractivity contribution is 6.35. The summed E-state index contributed by atoms with van der Waals surface area (Å²) in [5.41, 5.74) is 0.113. The first-order valence-corrected chi connectivity index (χ1v) is 12.4. The van der Waals surface area contributed by atoms with Crippen LogP contribution in [0.3, 0.4) is 0 Å². The number of carbonyl (C=O) groups excluding carboxylic acids is 3. The van der Waals surface area contributed by atoms with Crippen molar-refractivity contribution in [3.8, 4) is 0 Å². The Morgan fingerprint density at radius 3 is 1.89 bits per heavy atom.